The van der Waals surface area contributed by atoms with E-state index in [-0.39, 0.29) is 5.78 Å². The Kier molecular flexibility index (Phi) is 3.52. The van der Waals surface area contributed by atoms with Crippen molar-refractivity contribution >= 4 is 27.4 Å². The highest BCUT2D eigenvalue weighted by atomic mass is 79.9. The molecule has 0 aliphatic rings. The maximum Gasteiger partial charge on any atom is 0.205 e. The first kappa shape index (κ1) is 12.8. The van der Waals surface area contributed by atoms with Crippen molar-refractivity contribution in [3.8, 4) is 0 Å². The molecule has 2 aromatic rings. The lowest BCUT2D eigenvalue weighted by Crippen LogP contribution is -2.06. The van der Waals surface area contributed by atoms with Gasteiger partial charge in [-0.3, -0.25) is 9.20 Å². The van der Waals surface area contributed by atoms with Crippen molar-refractivity contribution in [3.63, 3.8) is 0 Å². The molecule has 4 nitrogen and oxygen atoms in total. The van der Waals surface area contributed by atoms with E-state index in [4.69, 9.17) is 0 Å². The molecule has 0 spiro atoms. The van der Waals surface area contributed by atoms with E-state index < -0.39 is 0 Å². The number of ketones is 1. The molecule has 2 heterocycles. The smallest absolute Gasteiger partial charge is 0.205 e. The van der Waals surface area contributed by atoms with E-state index in [1.54, 1.807) is 18.5 Å². The summed E-state index contributed by atoms with van der Waals surface area (Å²) in [6.07, 6.45) is 4.88. The molecule has 94 valence electrons. The van der Waals surface area contributed by atoms with Crippen LogP contribution in [0.25, 0.3) is 5.65 Å². The minimum Gasteiger partial charge on any atom is -0.383 e. The Morgan fingerprint density at radius 1 is 1.44 bits per heavy atom. The number of allylic oxidation sites excluding steroid dienone is 1. The zero-order valence-corrected chi connectivity index (χ0v) is 12.1. The number of fused-ring (bicyclic) bond motifs is 1. The van der Waals surface area contributed by atoms with E-state index in [9.17, 15) is 4.79 Å². The molecule has 0 aromatic carbocycles. The van der Waals surface area contributed by atoms with Gasteiger partial charge in [-0.05, 0) is 35.0 Å². The molecule has 18 heavy (non-hydrogen) atoms. The van der Waals surface area contributed by atoms with Gasteiger partial charge < -0.3 is 4.90 Å². The fourth-order valence-corrected chi connectivity index (χ4v) is 2.11. The summed E-state index contributed by atoms with van der Waals surface area (Å²) >= 11 is 3.43. The number of rotatable bonds is 3. The van der Waals surface area contributed by atoms with E-state index >= 15 is 0 Å². The Balaban J connectivity index is 2.53. The van der Waals surface area contributed by atoms with Gasteiger partial charge >= 0.3 is 0 Å². The second-order valence-electron chi connectivity index (χ2n) is 4.27. The number of pyridine rings is 1. The Bertz CT molecular complexity index is 628. The lowest BCUT2D eigenvalue weighted by atomic mass is 10.2. The largest absolute Gasteiger partial charge is 0.383 e. The van der Waals surface area contributed by atoms with Crippen molar-refractivity contribution in [1.82, 2.24) is 14.3 Å². The van der Waals surface area contributed by atoms with Crippen LogP contribution in [0.1, 0.15) is 16.2 Å². The maximum atomic E-state index is 12.1. The zero-order valence-electron chi connectivity index (χ0n) is 10.5. The Morgan fingerprint density at radius 3 is 2.83 bits per heavy atom. The average molecular weight is 308 g/mol. The van der Waals surface area contributed by atoms with E-state index in [1.807, 2.05) is 42.5 Å². The van der Waals surface area contributed by atoms with Gasteiger partial charge in [0.15, 0.2) is 5.65 Å². The molecule has 0 amide bonds. The average Bonchev–Trinajstić information content (AvgIpc) is 2.76. The molecule has 0 saturated carbocycles. The van der Waals surface area contributed by atoms with Crippen molar-refractivity contribution in [3.05, 3.63) is 46.5 Å². The first-order valence-electron chi connectivity index (χ1n) is 5.52. The third-order valence-electron chi connectivity index (χ3n) is 2.58. The summed E-state index contributed by atoms with van der Waals surface area (Å²) in [6, 6.07) is 3.88. The fraction of sp³-hybridized carbons (Fsp3) is 0.231. The van der Waals surface area contributed by atoms with Crippen LogP contribution >= 0.6 is 15.9 Å². The highest BCUT2D eigenvalue weighted by Gasteiger charge is 2.12. The van der Waals surface area contributed by atoms with Gasteiger partial charge in [-0.2, -0.15) is 0 Å². The van der Waals surface area contributed by atoms with Crippen LogP contribution in [0.4, 0.5) is 0 Å². The van der Waals surface area contributed by atoms with E-state index in [0.29, 0.717) is 5.69 Å². The molecule has 2 rings (SSSR count). The van der Waals surface area contributed by atoms with Gasteiger partial charge in [0.2, 0.25) is 5.78 Å². The monoisotopic (exact) mass is 307 g/mol. The molecule has 0 saturated heterocycles. The van der Waals surface area contributed by atoms with Gasteiger partial charge in [0.05, 0.1) is 10.7 Å². The SMILES string of the molecule is Cc1ccc(Br)c2ncc(C(=O)C=CN(C)C)n12. The van der Waals surface area contributed by atoms with Gasteiger partial charge in [0.25, 0.3) is 0 Å². The molecule has 0 aliphatic carbocycles. The molecule has 0 radical (unpaired) electrons. The molecule has 5 heteroatoms. The number of carbonyl (C=O) groups is 1. The third-order valence-corrected chi connectivity index (χ3v) is 3.19. The fourth-order valence-electron chi connectivity index (χ4n) is 1.70. The minimum absolute atomic E-state index is 0.0580. The number of hydrogen-bond acceptors (Lipinski definition) is 3. The molecular formula is C13H14BrN3O. The van der Waals surface area contributed by atoms with Crippen LogP contribution in [-0.4, -0.2) is 34.2 Å². The molecule has 2 aromatic heterocycles. The number of imidazole rings is 1. The van der Waals surface area contributed by atoms with Crippen LogP contribution in [0.5, 0.6) is 0 Å². The van der Waals surface area contributed by atoms with Crippen LogP contribution < -0.4 is 0 Å². The number of halogens is 1. The van der Waals surface area contributed by atoms with E-state index in [0.717, 1.165) is 15.8 Å². The predicted octanol–water partition coefficient (Wildman–Crippen LogP) is 2.66. The van der Waals surface area contributed by atoms with Crippen molar-refractivity contribution in [2.24, 2.45) is 0 Å². The molecule has 0 bridgehead atoms. The molecule has 0 N–H and O–H groups in total. The van der Waals surface area contributed by atoms with Crippen LogP contribution in [0.3, 0.4) is 0 Å². The standard InChI is InChI=1S/C13H14BrN3O/c1-9-4-5-10(14)13-15-8-11(17(9)13)12(18)6-7-16(2)3/h4-8H,1-3H3. The highest BCUT2D eigenvalue weighted by molar-refractivity contribution is 9.10. The summed E-state index contributed by atoms with van der Waals surface area (Å²) < 4.78 is 2.73. The number of aryl methyl sites for hydroxylation is 1. The van der Waals surface area contributed by atoms with Gasteiger partial charge in [0.1, 0.15) is 5.69 Å². The van der Waals surface area contributed by atoms with E-state index in [1.165, 1.54) is 0 Å². The second kappa shape index (κ2) is 4.94. The zero-order chi connectivity index (χ0) is 13.3. The van der Waals surface area contributed by atoms with Crippen molar-refractivity contribution in [2.75, 3.05) is 14.1 Å². The molecular weight excluding hydrogens is 294 g/mol. The predicted molar refractivity (Wildman–Crippen MR) is 74.8 cm³/mol. The molecule has 0 aliphatic heterocycles. The third kappa shape index (κ3) is 2.31. The summed E-state index contributed by atoms with van der Waals surface area (Å²) in [5.41, 5.74) is 2.31. The number of carbonyl (C=O) groups excluding carboxylic acids is 1. The van der Waals surface area contributed by atoms with Crippen molar-refractivity contribution in [1.29, 1.82) is 0 Å². The van der Waals surface area contributed by atoms with Crippen LogP contribution in [0.2, 0.25) is 0 Å². The quantitative estimate of drug-likeness (QED) is 0.646. The maximum absolute atomic E-state index is 12.1. The van der Waals surface area contributed by atoms with Gasteiger partial charge in [-0.25, -0.2) is 4.98 Å². The second-order valence-corrected chi connectivity index (χ2v) is 5.12. The van der Waals surface area contributed by atoms with Gasteiger partial charge in [-0.15, -0.1) is 0 Å². The number of nitrogens with zero attached hydrogens (tertiary/aromatic N) is 3. The van der Waals surface area contributed by atoms with Gasteiger partial charge in [0, 0.05) is 32.1 Å². The molecule has 0 unspecified atom stereocenters. The van der Waals surface area contributed by atoms with Crippen molar-refractivity contribution in [2.45, 2.75) is 6.92 Å². The summed E-state index contributed by atoms with van der Waals surface area (Å²) in [7, 11) is 3.75. The van der Waals surface area contributed by atoms with Crippen LogP contribution in [0.15, 0.2) is 35.1 Å². The Hall–Kier alpha value is -1.62. The number of hydrogen-bond donors (Lipinski definition) is 0. The van der Waals surface area contributed by atoms with Gasteiger partial charge in [-0.1, -0.05) is 0 Å². The summed E-state index contributed by atoms with van der Waals surface area (Å²) in [5.74, 6) is -0.0580. The Labute approximate surface area is 114 Å². The number of aromatic nitrogens is 2. The molecule has 0 atom stereocenters. The topological polar surface area (TPSA) is 37.6 Å². The lowest BCUT2D eigenvalue weighted by Gasteiger charge is -2.05. The summed E-state index contributed by atoms with van der Waals surface area (Å²) in [4.78, 5) is 18.2. The minimum atomic E-state index is -0.0580. The first-order chi connectivity index (χ1) is 8.50. The van der Waals surface area contributed by atoms with Crippen molar-refractivity contribution < 1.29 is 4.79 Å². The lowest BCUT2D eigenvalue weighted by molar-refractivity contribution is 0.104. The first-order valence-corrected chi connectivity index (χ1v) is 6.31. The summed E-state index contributed by atoms with van der Waals surface area (Å²) in [6.45, 7) is 1.95. The normalized spacial score (nSPS) is 11.3. The molecule has 0 fully saturated rings. The van der Waals surface area contributed by atoms with Crippen LogP contribution in [0, 0.1) is 6.92 Å². The van der Waals surface area contributed by atoms with Crippen LogP contribution in [-0.2, 0) is 0 Å². The summed E-state index contributed by atoms with van der Waals surface area (Å²) in [5, 5.41) is 0. The Morgan fingerprint density at radius 2 is 2.17 bits per heavy atom. The van der Waals surface area contributed by atoms with E-state index in [2.05, 4.69) is 20.9 Å². The highest BCUT2D eigenvalue weighted by Crippen LogP contribution is 2.20.